The fourth-order valence-corrected chi connectivity index (χ4v) is 2.64. The minimum atomic E-state index is -0.360. The minimum Gasteiger partial charge on any atom is -0.469 e. The van der Waals surface area contributed by atoms with Gasteiger partial charge in [-0.2, -0.15) is 0 Å². The van der Waals surface area contributed by atoms with Crippen LogP contribution in [-0.4, -0.2) is 35.5 Å². The molecule has 0 radical (unpaired) electrons. The van der Waals surface area contributed by atoms with Crippen LogP contribution in [0.25, 0.3) is 11.3 Å². The number of hydrogen-bond acceptors (Lipinski definition) is 6. The minimum absolute atomic E-state index is 0.117. The highest BCUT2D eigenvalue weighted by atomic mass is 16.5. The molecule has 23 heavy (non-hydrogen) atoms. The van der Waals surface area contributed by atoms with Crippen molar-refractivity contribution in [3.63, 3.8) is 0 Å². The molecule has 1 amide bonds. The third-order valence-corrected chi connectivity index (χ3v) is 3.74. The molecule has 0 spiro atoms. The number of hydrogen-bond donors (Lipinski definition) is 1. The van der Waals surface area contributed by atoms with Crippen molar-refractivity contribution in [1.29, 1.82) is 0 Å². The Morgan fingerprint density at radius 2 is 2.17 bits per heavy atom. The number of carbonyl (C=O) groups excluding carboxylic acids is 2. The number of benzene rings is 1. The van der Waals surface area contributed by atoms with Gasteiger partial charge in [0.25, 0.3) is 0 Å². The molecule has 7 heteroatoms. The van der Waals surface area contributed by atoms with Crippen LogP contribution in [0.4, 0.5) is 11.6 Å². The van der Waals surface area contributed by atoms with Gasteiger partial charge in [-0.1, -0.05) is 18.2 Å². The van der Waals surface area contributed by atoms with Gasteiger partial charge in [0.2, 0.25) is 11.9 Å². The molecule has 2 heterocycles. The quantitative estimate of drug-likeness (QED) is 0.854. The average Bonchev–Trinajstić information content (AvgIpc) is 2.67. The zero-order chi connectivity index (χ0) is 16.4. The molecule has 0 bridgehead atoms. The van der Waals surface area contributed by atoms with Gasteiger partial charge in [0.15, 0.2) is 0 Å². The van der Waals surface area contributed by atoms with E-state index in [1.165, 1.54) is 7.11 Å². The van der Waals surface area contributed by atoms with Gasteiger partial charge in [-0.3, -0.25) is 9.59 Å². The lowest BCUT2D eigenvalue weighted by atomic mass is 10.1. The van der Waals surface area contributed by atoms with Gasteiger partial charge >= 0.3 is 5.97 Å². The monoisotopic (exact) mass is 312 g/mol. The second-order valence-electron chi connectivity index (χ2n) is 5.17. The van der Waals surface area contributed by atoms with Crippen LogP contribution in [0.1, 0.15) is 12.0 Å². The van der Waals surface area contributed by atoms with Crippen molar-refractivity contribution < 1.29 is 14.3 Å². The number of amides is 1. The number of ether oxygens (including phenoxy) is 1. The van der Waals surface area contributed by atoms with Gasteiger partial charge in [0, 0.05) is 23.9 Å². The lowest BCUT2D eigenvalue weighted by molar-refractivity contribution is -0.140. The molecule has 0 fully saturated rings. The normalized spacial score (nSPS) is 13.1. The van der Waals surface area contributed by atoms with E-state index >= 15 is 0 Å². The third kappa shape index (κ3) is 2.85. The smallest absolute Gasteiger partial charge is 0.307 e. The molecule has 1 aromatic heterocycles. The van der Waals surface area contributed by atoms with Crippen LogP contribution in [-0.2, 0) is 20.7 Å². The molecular formula is C16H16N4O3. The summed E-state index contributed by atoms with van der Waals surface area (Å²) < 4.78 is 4.66. The Morgan fingerprint density at radius 3 is 2.96 bits per heavy atom. The molecule has 1 aliphatic rings. The molecule has 2 aromatic rings. The molecule has 7 nitrogen and oxygen atoms in total. The number of carbonyl (C=O) groups is 2. The SMILES string of the molecule is COC(=O)CCN1C(=O)Cc2cnc(N)nc2-c2ccccc21. The first-order chi connectivity index (χ1) is 11.1. The summed E-state index contributed by atoms with van der Waals surface area (Å²) in [6.45, 7) is 0.249. The van der Waals surface area contributed by atoms with E-state index in [-0.39, 0.29) is 37.2 Å². The molecule has 118 valence electrons. The van der Waals surface area contributed by atoms with Crippen molar-refractivity contribution in [3.8, 4) is 11.3 Å². The maximum absolute atomic E-state index is 12.6. The van der Waals surface area contributed by atoms with Gasteiger partial charge in [-0.25, -0.2) is 9.97 Å². The van der Waals surface area contributed by atoms with Gasteiger partial charge in [-0.05, 0) is 6.07 Å². The zero-order valence-electron chi connectivity index (χ0n) is 12.7. The topological polar surface area (TPSA) is 98.4 Å². The first-order valence-corrected chi connectivity index (χ1v) is 7.18. The Balaban J connectivity index is 2.06. The van der Waals surface area contributed by atoms with Crippen molar-refractivity contribution in [1.82, 2.24) is 9.97 Å². The Bertz CT molecular complexity index is 776. The fraction of sp³-hybridized carbons (Fsp3) is 0.250. The maximum Gasteiger partial charge on any atom is 0.307 e. The van der Waals surface area contributed by atoms with Crippen LogP contribution in [0.3, 0.4) is 0 Å². The van der Waals surface area contributed by atoms with Crippen LogP contribution in [0.5, 0.6) is 0 Å². The van der Waals surface area contributed by atoms with E-state index in [0.29, 0.717) is 11.4 Å². The Kier molecular flexibility index (Phi) is 3.92. The van der Waals surface area contributed by atoms with E-state index in [1.54, 1.807) is 11.1 Å². The predicted octanol–water partition coefficient (Wildman–Crippen LogP) is 1.18. The van der Waals surface area contributed by atoms with E-state index in [2.05, 4.69) is 14.7 Å². The summed E-state index contributed by atoms with van der Waals surface area (Å²) >= 11 is 0. The molecule has 3 rings (SSSR count). The van der Waals surface area contributed by atoms with E-state index in [9.17, 15) is 9.59 Å². The Labute approximate surface area is 133 Å². The summed E-state index contributed by atoms with van der Waals surface area (Å²) in [4.78, 5) is 33.9. The third-order valence-electron chi connectivity index (χ3n) is 3.74. The molecule has 0 atom stereocenters. The number of anilines is 2. The molecule has 1 aliphatic heterocycles. The van der Waals surface area contributed by atoms with Crippen LogP contribution >= 0.6 is 0 Å². The number of fused-ring (bicyclic) bond motifs is 3. The first kappa shape index (κ1) is 15.0. The number of nitrogens with zero attached hydrogens (tertiary/aromatic N) is 3. The summed E-state index contributed by atoms with van der Waals surface area (Å²) in [6, 6.07) is 7.42. The highest BCUT2D eigenvalue weighted by Crippen LogP contribution is 2.35. The summed E-state index contributed by atoms with van der Waals surface area (Å²) in [6.07, 6.45) is 1.86. The second-order valence-corrected chi connectivity index (χ2v) is 5.17. The molecular weight excluding hydrogens is 296 g/mol. The predicted molar refractivity (Wildman–Crippen MR) is 84.6 cm³/mol. The molecule has 0 unspecified atom stereocenters. The van der Waals surface area contributed by atoms with Gasteiger partial charge in [-0.15, -0.1) is 0 Å². The van der Waals surface area contributed by atoms with E-state index in [0.717, 1.165) is 11.1 Å². The summed E-state index contributed by atoms with van der Waals surface area (Å²) in [7, 11) is 1.33. The Hall–Kier alpha value is -2.96. The lowest BCUT2D eigenvalue weighted by Crippen LogP contribution is -2.33. The van der Waals surface area contributed by atoms with Crippen molar-refractivity contribution >= 4 is 23.5 Å². The van der Waals surface area contributed by atoms with Crippen LogP contribution < -0.4 is 10.6 Å². The van der Waals surface area contributed by atoms with Crippen molar-refractivity contribution in [2.45, 2.75) is 12.8 Å². The standard InChI is InChI=1S/C16H16N4O3/c1-23-14(22)6-7-20-12-5-3-2-4-11(12)15-10(8-13(20)21)9-18-16(17)19-15/h2-5,9H,6-8H2,1H3,(H2,17,18,19). The average molecular weight is 312 g/mol. The molecule has 0 saturated carbocycles. The van der Waals surface area contributed by atoms with Gasteiger partial charge in [0.05, 0.1) is 31.3 Å². The van der Waals surface area contributed by atoms with Crippen molar-refractivity contribution in [3.05, 3.63) is 36.0 Å². The number of nitrogens with two attached hydrogens (primary N) is 1. The Morgan fingerprint density at radius 1 is 1.39 bits per heavy atom. The number of esters is 1. The second kappa shape index (κ2) is 6.04. The van der Waals surface area contributed by atoms with Crippen molar-refractivity contribution in [2.24, 2.45) is 0 Å². The van der Waals surface area contributed by atoms with E-state index in [1.807, 2.05) is 24.3 Å². The zero-order valence-corrected chi connectivity index (χ0v) is 12.7. The highest BCUT2D eigenvalue weighted by molar-refractivity contribution is 6.02. The van der Waals surface area contributed by atoms with Gasteiger partial charge in [0.1, 0.15) is 0 Å². The number of aromatic nitrogens is 2. The van der Waals surface area contributed by atoms with Gasteiger partial charge < -0.3 is 15.4 Å². The lowest BCUT2D eigenvalue weighted by Gasteiger charge is -2.22. The number of nitrogen functional groups attached to an aromatic ring is 1. The summed E-state index contributed by atoms with van der Waals surface area (Å²) in [5, 5.41) is 0. The largest absolute Gasteiger partial charge is 0.469 e. The first-order valence-electron chi connectivity index (χ1n) is 7.18. The maximum atomic E-state index is 12.6. The van der Waals surface area contributed by atoms with Crippen LogP contribution in [0.2, 0.25) is 0 Å². The molecule has 0 saturated heterocycles. The molecule has 0 aliphatic carbocycles. The number of methoxy groups -OCH3 is 1. The summed E-state index contributed by atoms with van der Waals surface area (Å²) in [5.41, 5.74) is 8.57. The van der Waals surface area contributed by atoms with E-state index in [4.69, 9.17) is 5.73 Å². The van der Waals surface area contributed by atoms with Crippen molar-refractivity contribution in [2.75, 3.05) is 24.3 Å². The van der Waals surface area contributed by atoms with E-state index < -0.39 is 0 Å². The number of para-hydroxylation sites is 1. The number of rotatable bonds is 3. The fourth-order valence-electron chi connectivity index (χ4n) is 2.64. The van der Waals surface area contributed by atoms with Crippen LogP contribution in [0.15, 0.2) is 30.5 Å². The molecule has 2 N–H and O–H groups in total. The highest BCUT2D eigenvalue weighted by Gasteiger charge is 2.27. The molecule has 1 aromatic carbocycles. The van der Waals surface area contributed by atoms with Crippen LogP contribution in [0, 0.1) is 0 Å². The summed E-state index contributed by atoms with van der Waals surface area (Å²) in [5.74, 6) is -0.316.